The molecule has 0 radical (unpaired) electrons. The van der Waals surface area contributed by atoms with Gasteiger partial charge in [-0.3, -0.25) is 9.69 Å². The van der Waals surface area contributed by atoms with Gasteiger partial charge >= 0.3 is 12.1 Å². The van der Waals surface area contributed by atoms with E-state index in [9.17, 15) is 23.1 Å². The minimum Gasteiger partial charge on any atom is -0.481 e. The molecule has 1 fully saturated rings. The Hall–Kier alpha value is -1.56. The van der Waals surface area contributed by atoms with Gasteiger partial charge in [0.15, 0.2) is 0 Å². The molecule has 1 aliphatic heterocycles. The summed E-state index contributed by atoms with van der Waals surface area (Å²) in [4.78, 5) is 13.2. The molecule has 1 aromatic carbocycles. The number of likely N-dealkylation sites (tertiary alicyclic amines) is 1. The van der Waals surface area contributed by atoms with E-state index in [0.29, 0.717) is 25.1 Å². The van der Waals surface area contributed by atoms with Crippen LogP contribution in [-0.2, 0) is 11.0 Å². The van der Waals surface area contributed by atoms with Crippen LogP contribution in [0.1, 0.15) is 37.4 Å². The van der Waals surface area contributed by atoms with E-state index in [4.69, 9.17) is 0 Å². The summed E-state index contributed by atoms with van der Waals surface area (Å²) in [6, 6.07) is 4.98. The highest BCUT2D eigenvalue weighted by molar-refractivity contribution is 5.74. The van der Waals surface area contributed by atoms with Gasteiger partial charge in [0.05, 0.1) is 11.0 Å². The van der Waals surface area contributed by atoms with Crippen LogP contribution in [0.3, 0.4) is 0 Å². The van der Waals surface area contributed by atoms with Crippen LogP contribution in [0, 0.1) is 5.41 Å². The van der Waals surface area contributed by atoms with Crippen molar-refractivity contribution < 1.29 is 23.1 Å². The molecule has 0 saturated carbocycles. The number of carboxylic acids is 1. The Morgan fingerprint density at radius 2 is 2.10 bits per heavy atom. The van der Waals surface area contributed by atoms with Crippen molar-refractivity contribution in [3.8, 4) is 0 Å². The van der Waals surface area contributed by atoms with Crippen molar-refractivity contribution in [2.75, 3.05) is 13.1 Å². The summed E-state index contributed by atoms with van der Waals surface area (Å²) in [6.07, 6.45) is -3.86. The second-order valence-electron chi connectivity index (χ2n) is 5.89. The van der Waals surface area contributed by atoms with E-state index in [1.165, 1.54) is 6.07 Å². The summed E-state index contributed by atoms with van der Waals surface area (Å²) >= 11 is 0. The molecule has 3 nitrogen and oxygen atoms in total. The number of hydrogen-bond donors (Lipinski definition) is 1. The highest BCUT2D eigenvalue weighted by atomic mass is 19.4. The van der Waals surface area contributed by atoms with Gasteiger partial charge in [0.25, 0.3) is 0 Å². The monoisotopic (exact) mass is 301 g/mol. The highest BCUT2D eigenvalue weighted by Crippen LogP contribution is 2.37. The Kier molecular flexibility index (Phi) is 4.02. The predicted octanol–water partition coefficient (Wildman–Crippen LogP) is 3.56. The first-order valence-corrected chi connectivity index (χ1v) is 6.78. The molecule has 2 unspecified atom stereocenters. The van der Waals surface area contributed by atoms with Crippen LogP contribution in [-0.4, -0.2) is 29.1 Å². The zero-order chi connectivity index (χ0) is 15.8. The van der Waals surface area contributed by atoms with E-state index in [1.807, 2.05) is 11.8 Å². The van der Waals surface area contributed by atoms with Crippen LogP contribution in [0.4, 0.5) is 13.2 Å². The molecule has 0 aliphatic carbocycles. The van der Waals surface area contributed by atoms with Gasteiger partial charge in [0, 0.05) is 12.6 Å². The Balaban J connectivity index is 2.18. The number of carboxylic acid groups (broad SMARTS) is 1. The highest BCUT2D eigenvalue weighted by Gasteiger charge is 2.42. The zero-order valence-electron chi connectivity index (χ0n) is 11.9. The molecule has 116 valence electrons. The number of halogens is 3. The molecule has 1 aromatic rings. The van der Waals surface area contributed by atoms with E-state index in [0.717, 1.165) is 12.1 Å². The zero-order valence-corrected chi connectivity index (χ0v) is 11.9. The molecule has 1 aliphatic rings. The quantitative estimate of drug-likeness (QED) is 0.928. The molecule has 1 heterocycles. The summed E-state index contributed by atoms with van der Waals surface area (Å²) < 4.78 is 38.2. The molecule has 21 heavy (non-hydrogen) atoms. The summed E-state index contributed by atoms with van der Waals surface area (Å²) in [6.45, 7) is 4.40. The standard InChI is InChI=1S/C15H18F3NO2/c1-10(19-7-6-14(2,9-19)13(20)21)11-4-3-5-12(8-11)15(16,17)18/h3-5,8,10H,6-7,9H2,1-2H3,(H,20,21). The van der Waals surface area contributed by atoms with Crippen LogP contribution in [0.2, 0.25) is 0 Å². The van der Waals surface area contributed by atoms with E-state index >= 15 is 0 Å². The van der Waals surface area contributed by atoms with Crippen molar-refractivity contribution in [2.45, 2.75) is 32.5 Å². The first-order chi connectivity index (χ1) is 9.63. The third kappa shape index (κ3) is 3.20. The third-order valence-electron chi connectivity index (χ3n) is 4.26. The molecule has 1 N–H and O–H groups in total. The molecular formula is C15H18F3NO2. The first kappa shape index (κ1) is 15.8. The second-order valence-corrected chi connectivity index (χ2v) is 5.89. The summed E-state index contributed by atoms with van der Waals surface area (Å²) in [5.74, 6) is -0.860. The SMILES string of the molecule is CC(c1cccc(C(F)(F)F)c1)N1CCC(C)(C(=O)O)C1. The predicted molar refractivity (Wildman–Crippen MR) is 71.8 cm³/mol. The molecule has 1 saturated heterocycles. The topological polar surface area (TPSA) is 40.5 Å². The maximum absolute atomic E-state index is 12.7. The van der Waals surface area contributed by atoms with Gasteiger partial charge in [0.1, 0.15) is 0 Å². The van der Waals surface area contributed by atoms with Crippen molar-refractivity contribution in [2.24, 2.45) is 5.41 Å². The molecule has 0 bridgehead atoms. The van der Waals surface area contributed by atoms with E-state index < -0.39 is 23.1 Å². The normalized spacial score (nSPS) is 25.0. The number of benzene rings is 1. The van der Waals surface area contributed by atoms with Crippen molar-refractivity contribution in [1.29, 1.82) is 0 Å². The Morgan fingerprint density at radius 3 is 2.62 bits per heavy atom. The second kappa shape index (κ2) is 5.33. The lowest BCUT2D eigenvalue weighted by Crippen LogP contribution is -2.33. The minimum absolute atomic E-state index is 0.242. The molecule has 6 heteroatoms. The summed E-state index contributed by atoms with van der Waals surface area (Å²) in [5.41, 5.74) is -0.942. The lowest BCUT2D eigenvalue weighted by molar-refractivity contribution is -0.147. The molecule has 2 rings (SSSR count). The van der Waals surface area contributed by atoms with Crippen molar-refractivity contribution in [3.05, 3.63) is 35.4 Å². The number of hydrogen-bond acceptors (Lipinski definition) is 2. The number of nitrogens with zero attached hydrogens (tertiary/aromatic N) is 1. The van der Waals surface area contributed by atoms with Crippen LogP contribution in [0.25, 0.3) is 0 Å². The Morgan fingerprint density at radius 1 is 1.43 bits per heavy atom. The number of carbonyl (C=O) groups is 1. The van der Waals surface area contributed by atoms with Gasteiger partial charge in [-0.25, -0.2) is 0 Å². The van der Waals surface area contributed by atoms with Crippen LogP contribution in [0.5, 0.6) is 0 Å². The largest absolute Gasteiger partial charge is 0.481 e. The van der Waals surface area contributed by atoms with Crippen LogP contribution in [0.15, 0.2) is 24.3 Å². The molecule has 0 amide bonds. The van der Waals surface area contributed by atoms with E-state index in [2.05, 4.69) is 0 Å². The smallest absolute Gasteiger partial charge is 0.416 e. The third-order valence-corrected chi connectivity index (χ3v) is 4.26. The van der Waals surface area contributed by atoms with Crippen LogP contribution < -0.4 is 0 Å². The Labute approximate surface area is 121 Å². The maximum Gasteiger partial charge on any atom is 0.416 e. The average Bonchev–Trinajstić information content (AvgIpc) is 2.81. The van der Waals surface area contributed by atoms with E-state index in [-0.39, 0.29) is 6.04 Å². The number of rotatable bonds is 3. The van der Waals surface area contributed by atoms with E-state index in [1.54, 1.807) is 13.0 Å². The van der Waals surface area contributed by atoms with Gasteiger partial charge in [-0.2, -0.15) is 13.2 Å². The van der Waals surface area contributed by atoms with Crippen molar-refractivity contribution in [3.63, 3.8) is 0 Å². The fourth-order valence-electron chi connectivity index (χ4n) is 2.69. The van der Waals surface area contributed by atoms with Crippen molar-refractivity contribution >= 4 is 5.97 Å². The first-order valence-electron chi connectivity index (χ1n) is 6.78. The van der Waals surface area contributed by atoms with Crippen LogP contribution >= 0.6 is 0 Å². The van der Waals surface area contributed by atoms with Gasteiger partial charge in [-0.15, -0.1) is 0 Å². The fraction of sp³-hybridized carbons (Fsp3) is 0.533. The summed E-state index contributed by atoms with van der Waals surface area (Å²) in [5, 5.41) is 9.22. The molecule has 2 atom stereocenters. The Bertz CT molecular complexity index is 544. The maximum atomic E-state index is 12.7. The average molecular weight is 301 g/mol. The lowest BCUT2D eigenvalue weighted by Gasteiger charge is -2.26. The molecular weight excluding hydrogens is 283 g/mol. The lowest BCUT2D eigenvalue weighted by atomic mass is 9.90. The van der Waals surface area contributed by atoms with Gasteiger partial charge in [-0.1, -0.05) is 12.1 Å². The molecule has 0 aromatic heterocycles. The van der Waals surface area contributed by atoms with Crippen molar-refractivity contribution in [1.82, 2.24) is 4.90 Å². The van der Waals surface area contributed by atoms with Gasteiger partial charge in [-0.05, 0) is 44.5 Å². The fourth-order valence-corrected chi connectivity index (χ4v) is 2.69. The number of alkyl halides is 3. The number of aliphatic carboxylic acids is 1. The molecule has 0 spiro atoms. The van der Waals surface area contributed by atoms with Gasteiger partial charge < -0.3 is 5.11 Å². The van der Waals surface area contributed by atoms with Gasteiger partial charge in [0.2, 0.25) is 0 Å². The minimum atomic E-state index is -4.36. The summed E-state index contributed by atoms with van der Waals surface area (Å²) in [7, 11) is 0.